The van der Waals surface area contributed by atoms with Gasteiger partial charge in [0.05, 0.1) is 11.9 Å². The number of piperidine rings is 1. The lowest BCUT2D eigenvalue weighted by Crippen LogP contribution is -2.40. The Kier molecular flexibility index (Phi) is 8.13. The first-order chi connectivity index (χ1) is 12.3. The van der Waals surface area contributed by atoms with Crippen LogP contribution in [-0.4, -0.2) is 46.8 Å². The number of hydrogen-bond donors (Lipinski definition) is 1. The van der Waals surface area contributed by atoms with E-state index in [-0.39, 0.29) is 18.3 Å². The van der Waals surface area contributed by atoms with Crippen LogP contribution in [0, 0.1) is 5.92 Å². The van der Waals surface area contributed by atoms with Crippen LogP contribution in [0.4, 0.5) is 0 Å². The fourth-order valence-electron chi connectivity index (χ4n) is 3.36. The van der Waals surface area contributed by atoms with E-state index in [1.165, 1.54) is 0 Å². The highest BCUT2D eigenvalue weighted by molar-refractivity contribution is 5.85. The highest BCUT2D eigenvalue weighted by atomic mass is 35.5. The molecule has 0 unspecified atom stereocenters. The molecule has 1 amide bonds. The molecule has 1 aliphatic heterocycles. The molecule has 1 fully saturated rings. The largest absolute Gasteiger partial charge is 0.343 e. The summed E-state index contributed by atoms with van der Waals surface area (Å²) in [5, 5.41) is 7.81. The number of nitrogens with one attached hydrogen (secondary N) is 1. The van der Waals surface area contributed by atoms with Crippen molar-refractivity contribution in [2.75, 3.05) is 26.2 Å². The first-order valence-electron chi connectivity index (χ1n) is 9.33. The third-order valence-electron chi connectivity index (χ3n) is 4.93. The van der Waals surface area contributed by atoms with Gasteiger partial charge in [0.1, 0.15) is 0 Å². The lowest BCUT2D eigenvalue weighted by Gasteiger charge is -2.32. The number of likely N-dealkylation sites (tertiary alicyclic amines) is 1. The zero-order valence-corrected chi connectivity index (χ0v) is 16.3. The van der Waals surface area contributed by atoms with Crippen molar-refractivity contribution in [2.24, 2.45) is 5.92 Å². The molecule has 5 nitrogen and oxygen atoms in total. The number of amides is 1. The Labute approximate surface area is 162 Å². The number of para-hydroxylation sites is 1. The molecule has 2 heterocycles. The molecule has 1 N–H and O–H groups in total. The highest BCUT2D eigenvalue weighted by Gasteiger charge is 2.22. The minimum Gasteiger partial charge on any atom is -0.343 e. The van der Waals surface area contributed by atoms with Crippen molar-refractivity contribution in [1.29, 1.82) is 0 Å². The van der Waals surface area contributed by atoms with Gasteiger partial charge >= 0.3 is 0 Å². The highest BCUT2D eigenvalue weighted by Crippen LogP contribution is 2.18. The Morgan fingerprint density at radius 1 is 1.23 bits per heavy atom. The third-order valence-corrected chi connectivity index (χ3v) is 4.93. The van der Waals surface area contributed by atoms with Gasteiger partial charge in [0, 0.05) is 25.7 Å². The predicted octanol–water partition coefficient (Wildman–Crippen LogP) is 3.07. The summed E-state index contributed by atoms with van der Waals surface area (Å²) in [5.41, 5.74) is 2.15. The summed E-state index contributed by atoms with van der Waals surface area (Å²) in [6, 6.07) is 10.0. The summed E-state index contributed by atoms with van der Waals surface area (Å²) in [6.45, 7) is 6.04. The average molecular weight is 377 g/mol. The van der Waals surface area contributed by atoms with Gasteiger partial charge in [-0.1, -0.05) is 25.1 Å². The van der Waals surface area contributed by atoms with Crippen LogP contribution in [0.1, 0.15) is 31.7 Å². The molecule has 1 aromatic carbocycles. The topological polar surface area (TPSA) is 50.2 Å². The lowest BCUT2D eigenvalue weighted by molar-refractivity contribution is -0.132. The Morgan fingerprint density at radius 3 is 2.65 bits per heavy atom. The SMILES string of the molecule is CCNCC1CCN(C(=O)CCc2cnn(-c3ccccc3)c2)CC1.Cl. The first kappa shape index (κ1) is 20.5. The smallest absolute Gasteiger partial charge is 0.222 e. The number of nitrogens with zero attached hydrogens (tertiary/aromatic N) is 3. The molecule has 0 bridgehead atoms. The molecule has 0 saturated carbocycles. The first-order valence-corrected chi connectivity index (χ1v) is 9.33. The van der Waals surface area contributed by atoms with Crippen LogP contribution in [0.25, 0.3) is 5.69 Å². The maximum atomic E-state index is 12.5. The number of aromatic nitrogens is 2. The number of halogens is 1. The molecule has 26 heavy (non-hydrogen) atoms. The maximum absolute atomic E-state index is 12.5. The van der Waals surface area contributed by atoms with E-state index >= 15 is 0 Å². The molecule has 0 aliphatic carbocycles. The minimum absolute atomic E-state index is 0. The lowest BCUT2D eigenvalue weighted by atomic mass is 9.96. The van der Waals surface area contributed by atoms with Gasteiger partial charge in [0.2, 0.25) is 5.91 Å². The van der Waals surface area contributed by atoms with Crippen LogP contribution in [0.15, 0.2) is 42.7 Å². The monoisotopic (exact) mass is 376 g/mol. The van der Waals surface area contributed by atoms with Crippen molar-refractivity contribution in [2.45, 2.75) is 32.6 Å². The van der Waals surface area contributed by atoms with Gasteiger partial charge in [-0.25, -0.2) is 4.68 Å². The van der Waals surface area contributed by atoms with E-state index in [1.807, 2.05) is 52.3 Å². The normalized spacial score (nSPS) is 14.9. The Bertz CT molecular complexity index is 665. The van der Waals surface area contributed by atoms with E-state index in [0.717, 1.165) is 56.7 Å². The second kappa shape index (κ2) is 10.3. The van der Waals surface area contributed by atoms with Crippen molar-refractivity contribution in [3.63, 3.8) is 0 Å². The number of benzene rings is 1. The van der Waals surface area contributed by atoms with Gasteiger partial charge in [-0.2, -0.15) is 5.10 Å². The molecule has 2 aromatic rings. The fourth-order valence-corrected chi connectivity index (χ4v) is 3.36. The number of hydrogen-bond acceptors (Lipinski definition) is 3. The second-order valence-electron chi connectivity index (χ2n) is 6.76. The fraction of sp³-hybridized carbons (Fsp3) is 0.500. The number of rotatable bonds is 7. The van der Waals surface area contributed by atoms with Crippen molar-refractivity contribution < 1.29 is 4.79 Å². The molecule has 142 valence electrons. The number of carbonyl (C=O) groups is 1. The molecule has 0 atom stereocenters. The number of aryl methyl sites for hydroxylation is 1. The van der Waals surface area contributed by atoms with E-state index in [1.54, 1.807) is 0 Å². The van der Waals surface area contributed by atoms with Crippen LogP contribution >= 0.6 is 12.4 Å². The molecule has 1 aliphatic rings. The third kappa shape index (κ3) is 5.58. The molecule has 0 spiro atoms. The van der Waals surface area contributed by atoms with Crippen molar-refractivity contribution in [1.82, 2.24) is 20.0 Å². The van der Waals surface area contributed by atoms with Gasteiger partial charge in [-0.15, -0.1) is 12.4 Å². The predicted molar refractivity (Wildman–Crippen MR) is 107 cm³/mol. The van der Waals surface area contributed by atoms with E-state index in [0.29, 0.717) is 12.3 Å². The van der Waals surface area contributed by atoms with Crippen molar-refractivity contribution >= 4 is 18.3 Å². The van der Waals surface area contributed by atoms with Crippen LogP contribution in [-0.2, 0) is 11.2 Å². The summed E-state index contributed by atoms with van der Waals surface area (Å²) in [4.78, 5) is 14.5. The van der Waals surface area contributed by atoms with Crippen LogP contribution in [0.5, 0.6) is 0 Å². The Balaban J connectivity index is 0.00000243. The summed E-state index contributed by atoms with van der Waals surface area (Å²) in [6.07, 6.45) is 7.44. The maximum Gasteiger partial charge on any atom is 0.222 e. The zero-order chi connectivity index (χ0) is 17.5. The number of carbonyl (C=O) groups excluding carboxylic acids is 1. The van der Waals surface area contributed by atoms with Crippen LogP contribution in [0.3, 0.4) is 0 Å². The van der Waals surface area contributed by atoms with Crippen LogP contribution in [0.2, 0.25) is 0 Å². The molecule has 6 heteroatoms. The molecule has 3 rings (SSSR count). The Morgan fingerprint density at radius 2 is 1.96 bits per heavy atom. The summed E-state index contributed by atoms with van der Waals surface area (Å²) < 4.78 is 1.87. The van der Waals surface area contributed by atoms with Gasteiger partial charge in [-0.3, -0.25) is 4.79 Å². The van der Waals surface area contributed by atoms with E-state index in [9.17, 15) is 4.79 Å². The standard InChI is InChI=1S/C20H28N4O.ClH/c1-2-21-14-17-10-12-23(13-11-17)20(25)9-8-18-15-22-24(16-18)19-6-4-3-5-7-19;/h3-7,15-17,21H,2,8-14H2,1H3;1H. The minimum atomic E-state index is 0. The molecular weight excluding hydrogens is 348 g/mol. The van der Waals surface area contributed by atoms with Gasteiger partial charge in [-0.05, 0) is 56.0 Å². The van der Waals surface area contributed by atoms with E-state index < -0.39 is 0 Å². The van der Waals surface area contributed by atoms with Crippen molar-refractivity contribution in [3.05, 3.63) is 48.3 Å². The Hall–Kier alpha value is -1.85. The molecule has 1 aromatic heterocycles. The molecular formula is C20H29ClN4O. The summed E-state index contributed by atoms with van der Waals surface area (Å²) in [5.74, 6) is 0.988. The quantitative estimate of drug-likeness (QED) is 0.807. The second-order valence-corrected chi connectivity index (χ2v) is 6.76. The molecule has 0 radical (unpaired) electrons. The van der Waals surface area contributed by atoms with E-state index in [4.69, 9.17) is 0 Å². The summed E-state index contributed by atoms with van der Waals surface area (Å²) >= 11 is 0. The zero-order valence-electron chi connectivity index (χ0n) is 15.4. The average Bonchev–Trinajstić information content (AvgIpc) is 3.14. The van der Waals surface area contributed by atoms with Gasteiger partial charge < -0.3 is 10.2 Å². The van der Waals surface area contributed by atoms with Gasteiger partial charge in [0.15, 0.2) is 0 Å². The van der Waals surface area contributed by atoms with E-state index in [2.05, 4.69) is 17.3 Å². The summed E-state index contributed by atoms with van der Waals surface area (Å²) in [7, 11) is 0. The van der Waals surface area contributed by atoms with Crippen LogP contribution < -0.4 is 5.32 Å². The molecule has 1 saturated heterocycles. The van der Waals surface area contributed by atoms with Gasteiger partial charge in [0.25, 0.3) is 0 Å². The van der Waals surface area contributed by atoms with Crippen molar-refractivity contribution in [3.8, 4) is 5.69 Å².